The highest BCUT2D eigenvalue weighted by molar-refractivity contribution is 5.90. The van der Waals surface area contributed by atoms with Crippen molar-refractivity contribution in [1.82, 2.24) is 9.55 Å². The zero-order chi connectivity index (χ0) is 20.4. The average molecular weight is 391 g/mol. The number of fused-ring (bicyclic) bond motifs is 1. The van der Waals surface area contributed by atoms with Crippen molar-refractivity contribution < 1.29 is 14.3 Å². The normalized spacial score (nSPS) is 12.2. The zero-order valence-corrected chi connectivity index (χ0v) is 16.2. The van der Waals surface area contributed by atoms with Gasteiger partial charge in [0.25, 0.3) is 5.56 Å². The molecule has 0 bridgehead atoms. The number of amides is 1. The Kier molecular flexibility index (Phi) is 5.03. The Morgan fingerprint density at radius 2 is 1.86 bits per heavy atom. The van der Waals surface area contributed by atoms with Crippen LogP contribution in [-0.2, 0) is 11.3 Å². The van der Waals surface area contributed by atoms with E-state index in [9.17, 15) is 9.59 Å². The summed E-state index contributed by atoms with van der Waals surface area (Å²) >= 11 is 0. The number of benzene rings is 2. The first kappa shape index (κ1) is 18.7. The minimum atomic E-state index is -0.307. The maximum atomic E-state index is 12.4. The highest BCUT2D eigenvalue weighted by atomic mass is 16.7. The average Bonchev–Trinajstić information content (AvgIpc) is 3.17. The van der Waals surface area contributed by atoms with Crippen LogP contribution in [0.25, 0.3) is 11.3 Å². The molecule has 1 N–H and O–H groups in total. The molecule has 0 fully saturated rings. The Labute approximate surface area is 167 Å². The molecule has 0 unspecified atom stereocenters. The molecule has 1 aromatic heterocycles. The third-order valence-corrected chi connectivity index (χ3v) is 4.72. The van der Waals surface area contributed by atoms with E-state index in [0.717, 1.165) is 5.56 Å². The summed E-state index contributed by atoms with van der Waals surface area (Å²) in [7, 11) is 0. The van der Waals surface area contributed by atoms with Crippen LogP contribution in [0.3, 0.4) is 0 Å². The Hall–Kier alpha value is -3.61. The summed E-state index contributed by atoms with van der Waals surface area (Å²) in [6, 6.07) is 14.5. The molecule has 2 aromatic carbocycles. The molecule has 4 rings (SSSR count). The van der Waals surface area contributed by atoms with E-state index in [1.165, 1.54) is 22.5 Å². The first-order valence-electron chi connectivity index (χ1n) is 9.36. The van der Waals surface area contributed by atoms with Crippen molar-refractivity contribution in [3.63, 3.8) is 0 Å². The monoisotopic (exact) mass is 391 g/mol. The van der Waals surface area contributed by atoms with E-state index in [1.54, 1.807) is 12.1 Å². The molecule has 3 aromatic rings. The number of anilines is 1. The minimum Gasteiger partial charge on any atom is -0.454 e. The van der Waals surface area contributed by atoms with Crippen molar-refractivity contribution >= 4 is 11.6 Å². The van der Waals surface area contributed by atoms with Crippen LogP contribution < -0.4 is 20.3 Å². The molecule has 7 nitrogen and oxygen atoms in total. The third kappa shape index (κ3) is 4.13. The summed E-state index contributed by atoms with van der Waals surface area (Å²) in [5.41, 5.74) is 2.83. The summed E-state index contributed by atoms with van der Waals surface area (Å²) in [6.45, 7) is 4.29. The third-order valence-electron chi connectivity index (χ3n) is 4.72. The molecule has 1 aliphatic rings. The first-order valence-corrected chi connectivity index (χ1v) is 9.36. The lowest BCUT2D eigenvalue weighted by Crippen LogP contribution is -2.27. The molecule has 0 radical (unpaired) electrons. The molecule has 0 spiro atoms. The fourth-order valence-electron chi connectivity index (χ4n) is 3.06. The molecule has 0 saturated heterocycles. The van der Waals surface area contributed by atoms with Crippen LogP contribution in [0.5, 0.6) is 11.5 Å². The van der Waals surface area contributed by atoms with Gasteiger partial charge in [-0.15, -0.1) is 0 Å². The number of aromatic nitrogens is 2. The number of carbonyl (C=O) groups excluding carboxylic acids is 1. The number of ether oxygens (including phenoxy) is 2. The van der Waals surface area contributed by atoms with Crippen LogP contribution in [0, 0.1) is 0 Å². The Morgan fingerprint density at radius 1 is 1.10 bits per heavy atom. The number of carbonyl (C=O) groups is 1. The van der Waals surface area contributed by atoms with Gasteiger partial charge in [-0.3, -0.25) is 14.2 Å². The van der Waals surface area contributed by atoms with Crippen molar-refractivity contribution in [2.24, 2.45) is 0 Å². The molecule has 0 aliphatic carbocycles. The van der Waals surface area contributed by atoms with E-state index in [4.69, 9.17) is 9.47 Å². The summed E-state index contributed by atoms with van der Waals surface area (Å²) < 4.78 is 11.9. The highest BCUT2D eigenvalue weighted by Crippen LogP contribution is 2.35. The summed E-state index contributed by atoms with van der Waals surface area (Å²) in [4.78, 5) is 29.1. The second kappa shape index (κ2) is 7.79. The number of hydrogen-bond donors (Lipinski definition) is 1. The van der Waals surface area contributed by atoms with Gasteiger partial charge in [0.15, 0.2) is 11.5 Å². The van der Waals surface area contributed by atoms with Gasteiger partial charge in [-0.2, -0.15) is 0 Å². The second-order valence-electron chi connectivity index (χ2n) is 7.13. The fraction of sp³-hybridized carbons (Fsp3) is 0.227. The molecular weight excluding hydrogens is 370 g/mol. The molecular formula is C22H21N3O4. The molecule has 1 aliphatic heterocycles. The molecule has 0 atom stereocenters. The van der Waals surface area contributed by atoms with E-state index >= 15 is 0 Å². The van der Waals surface area contributed by atoms with E-state index in [1.807, 2.05) is 30.3 Å². The maximum absolute atomic E-state index is 12.4. The Bertz CT molecular complexity index is 1100. The number of nitrogens with zero attached hydrogens (tertiary/aromatic N) is 2. The van der Waals surface area contributed by atoms with E-state index in [2.05, 4.69) is 24.1 Å². The zero-order valence-electron chi connectivity index (χ0n) is 16.2. The predicted molar refractivity (Wildman–Crippen MR) is 109 cm³/mol. The summed E-state index contributed by atoms with van der Waals surface area (Å²) in [5.74, 6) is 1.42. The van der Waals surface area contributed by atoms with Crippen LogP contribution in [0.2, 0.25) is 0 Å². The summed E-state index contributed by atoms with van der Waals surface area (Å²) in [6.07, 6.45) is 1.38. The quantitative estimate of drug-likeness (QED) is 0.721. The number of rotatable bonds is 5. The van der Waals surface area contributed by atoms with Crippen molar-refractivity contribution in [3.8, 4) is 22.8 Å². The molecule has 2 heterocycles. The lowest BCUT2D eigenvalue weighted by Gasteiger charge is -2.10. The molecule has 7 heteroatoms. The minimum absolute atomic E-state index is 0.112. The van der Waals surface area contributed by atoms with Gasteiger partial charge < -0.3 is 14.8 Å². The van der Waals surface area contributed by atoms with Crippen molar-refractivity contribution in [2.75, 3.05) is 12.1 Å². The second-order valence-corrected chi connectivity index (χ2v) is 7.13. The van der Waals surface area contributed by atoms with Crippen molar-refractivity contribution in [3.05, 3.63) is 70.8 Å². The van der Waals surface area contributed by atoms with Gasteiger partial charge in [0.2, 0.25) is 12.7 Å². The van der Waals surface area contributed by atoms with Gasteiger partial charge >= 0.3 is 0 Å². The first-order chi connectivity index (χ1) is 14.0. The predicted octanol–water partition coefficient (Wildman–Crippen LogP) is 3.40. The van der Waals surface area contributed by atoms with Crippen LogP contribution in [0.15, 0.2) is 59.7 Å². The van der Waals surface area contributed by atoms with Gasteiger partial charge in [-0.05, 0) is 41.8 Å². The lowest BCUT2D eigenvalue weighted by molar-refractivity contribution is -0.116. The van der Waals surface area contributed by atoms with Crippen molar-refractivity contribution in [2.45, 2.75) is 26.3 Å². The topological polar surface area (TPSA) is 82.5 Å². The van der Waals surface area contributed by atoms with Gasteiger partial charge in [-0.25, -0.2) is 4.98 Å². The van der Waals surface area contributed by atoms with E-state index in [0.29, 0.717) is 28.8 Å². The SMILES string of the molecule is CC(C)c1ccc(NC(=O)Cn2cnc(-c3ccc4c(c3)OCO4)cc2=O)cc1. The molecule has 0 saturated carbocycles. The van der Waals surface area contributed by atoms with Gasteiger partial charge in [0, 0.05) is 17.3 Å². The van der Waals surface area contributed by atoms with Gasteiger partial charge in [0.1, 0.15) is 6.54 Å². The summed E-state index contributed by atoms with van der Waals surface area (Å²) in [5, 5.41) is 2.80. The van der Waals surface area contributed by atoms with Crippen LogP contribution in [-0.4, -0.2) is 22.3 Å². The largest absolute Gasteiger partial charge is 0.454 e. The molecule has 1 amide bonds. The fourth-order valence-corrected chi connectivity index (χ4v) is 3.06. The Balaban J connectivity index is 1.45. The molecule has 29 heavy (non-hydrogen) atoms. The van der Waals surface area contributed by atoms with Crippen LogP contribution in [0.4, 0.5) is 5.69 Å². The van der Waals surface area contributed by atoms with Crippen molar-refractivity contribution in [1.29, 1.82) is 0 Å². The standard InChI is InChI=1S/C22H21N3O4/c1-14(2)15-3-6-17(7-4-15)24-21(26)11-25-12-23-18(10-22(25)27)16-5-8-19-20(9-16)29-13-28-19/h3-10,12,14H,11,13H2,1-2H3,(H,24,26). The van der Waals surface area contributed by atoms with E-state index in [-0.39, 0.29) is 24.8 Å². The van der Waals surface area contributed by atoms with Gasteiger partial charge in [-0.1, -0.05) is 26.0 Å². The highest BCUT2D eigenvalue weighted by Gasteiger charge is 2.15. The maximum Gasteiger partial charge on any atom is 0.254 e. The lowest BCUT2D eigenvalue weighted by atomic mass is 10.0. The molecule has 148 valence electrons. The van der Waals surface area contributed by atoms with Gasteiger partial charge in [0.05, 0.1) is 12.0 Å². The number of nitrogens with one attached hydrogen (secondary N) is 1. The van der Waals surface area contributed by atoms with Crippen LogP contribution in [0.1, 0.15) is 25.3 Å². The van der Waals surface area contributed by atoms with E-state index < -0.39 is 0 Å². The Morgan fingerprint density at radius 3 is 2.59 bits per heavy atom. The van der Waals surface area contributed by atoms with Crippen LogP contribution >= 0.6 is 0 Å². The smallest absolute Gasteiger partial charge is 0.254 e. The number of hydrogen-bond acceptors (Lipinski definition) is 5.